The number of para-hydroxylation sites is 1. The van der Waals surface area contributed by atoms with Crippen LogP contribution in [-0.2, 0) is 9.09 Å². The van der Waals surface area contributed by atoms with Gasteiger partial charge in [-0.25, -0.2) is 4.57 Å². The van der Waals surface area contributed by atoms with Crippen molar-refractivity contribution in [3.05, 3.63) is 58.7 Å². The lowest BCUT2D eigenvalue weighted by atomic mass is 10.1. The summed E-state index contributed by atoms with van der Waals surface area (Å²) in [5.41, 5.74) is 3.31. The van der Waals surface area contributed by atoms with Gasteiger partial charge in [-0.15, -0.1) is 0 Å². The molecule has 2 aromatic rings. The number of rotatable bonds is 2. The Kier molecular flexibility index (Phi) is 5.04. The monoisotopic (exact) mass is 420 g/mol. The van der Waals surface area contributed by atoms with Crippen LogP contribution < -0.4 is 9.05 Å². The molecule has 8 heteroatoms. The Bertz CT molecular complexity index is 863. The van der Waals surface area contributed by atoms with E-state index < -0.39 is 17.7 Å². The van der Waals surface area contributed by atoms with Gasteiger partial charge in [0.25, 0.3) is 0 Å². The number of phosphoric acid groups is 1. The quantitative estimate of drug-likeness (QED) is 0.404. The zero-order valence-corrected chi connectivity index (χ0v) is 16.9. The van der Waals surface area contributed by atoms with Crippen LogP contribution in [0.5, 0.6) is 11.5 Å². The molecule has 2 unspecified atom stereocenters. The van der Waals surface area contributed by atoms with Crippen molar-refractivity contribution >= 4 is 42.6 Å². The number of phosphoric ester groups is 1. The van der Waals surface area contributed by atoms with Gasteiger partial charge in [0.15, 0.2) is 0 Å². The highest BCUT2D eigenvalue weighted by Gasteiger charge is 2.49. The normalized spacial score (nSPS) is 22.9. The first kappa shape index (κ1) is 18.9. The first-order valence-electron chi connectivity index (χ1n) is 7.50. The lowest BCUT2D eigenvalue weighted by molar-refractivity contribution is 0.125. The molecule has 2 aromatic carbocycles. The number of alkyl halides is 3. The molecule has 0 aliphatic carbocycles. The van der Waals surface area contributed by atoms with Crippen molar-refractivity contribution in [1.29, 1.82) is 0 Å². The smallest absolute Gasteiger partial charge is 0.395 e. The van der Waals surface area contributed by atoms with E-state index in [1.165, 1.54) is 0 Å². The van der Waals surface area contributed by atoms with E-state index >= 15 is 0 Å². The van der Waals surface area contributed by atoms with Gasteiger partial charge < -0.3 is 9.05 Å². The summed E-state index contributed by atoms with van der Waals surface area (Å²) in [6, 6.07) is 10.6. The second-order valence-corrected chi connectivity index (χ2v) is 9.74. The molecule has 1 aliphatic heterocycles. The summed E-state index contributed by atoms with van der Waals surface area (Å²) in [4.78, 5) is 0. The highest BCUT2D eigenvalue weighted by atomic mass is 35.6. The van der Waals surface area contributed by atoms with Crippen molar-refractivity contribution in [3.63, 3.8) is 0 Å². The van der Waals surface area contributed by atoms with Crippen molar-refractivity contribution in [2.45, 2.75) is 30.7 Å². The fourth-order valence-electron chi connectivity index (χ4n) is 2.50. The van der Waals surface area contributed by atoms with E-state index in [0.717, 1.165) is 16.7 Å². The molecule has 0 aromatic heterocycles. The second-order valence-electron chi connectivity index (χ2n) is 5.90. The molecule has 4 nitrogen and oxygen atoms in total. The molecule has 0 radical (unpaired) electrons. The first-order chi connectivity index (χ1) is 11.6. The van der Waals surface area contributed by atoms with Gasteiger partial charge in [0, 0.05) is 5.56 Å². The predicted molar refractivity (Wildman–Crippen MR) is 100 cm³/mol. The highest BCUT2D eigenvalue weighted by Crippen LogP contribution is 2.63. The van der Waals surface area contributed by atoms with E-state index in [1.807, 2.05) is 19.9 Å². The third-order valence-electron chi connectivity index (χ3n) is 3.96. The summed E-state index contributed by atoms with van der Waals surface area (Å²) in [5.74, 6) is 0.698. The largest absolute Gasteiger partial charge is 0.588 e. The average molecular weight is 422 g/mol. The zero-order chi connectivity index (χ0) is 18.4. The van der Waals surface area contributed by atoms with Gasteiger partial charge in [0.1, 0.15) is 17.6 Å². The summed E-state index contributed by atoms with van der Waals surface area (Å²) in [5, 5.41) is 0. The van der Waals surface area contributed by atoms with E-state index in [9.17, 15) is 4.57 Å². The third kappa shape index (κ3) is 3.94. The summed E-state index contributed by atoms with van der Waals surface area (Å²) in [6.07, 6.45) is -1.08. The standard InChI is InChI=1S/C17H16Cl3O4P/c1-10-7-8-13(9-12(10)3)22-25(21)23-15-11(2)5-4-6-14(15)16(24-25)17(18,19)20/h4-9,16H,1-3H3. The van der Waals surface area contributed by atoms with Gasteiger partial charge in [0.2, 0.25) is 3.79 Å². The summed E-state index contributed by atoms with van der Waals surface area (Å²) >= 11 is 18.1. The minimum atomic E-state index is -4.04. The topological polar surface area (TPSA) is 44.8 Å². The molecule has 0 spiro atoms. The number of hydrogen-bond donors (Lipinski definition) is 0. The fraction of sp³-hybridized carbons (Fsp3) is 0.294. The molecule has 1 heterocycles. The molecule has 3 rings (SSSR count). The van der Waals surface area contributed by atoms with Crippen LogP contribution >= 0.6 is 42.6 Å². The summed E-state index contributed by atoms with van der Waals surface area (Å²) < 4.78 is 27.9. The fourth-order valence-corrected chi connectivity index (χ4v) is 4.67. The molecule has 2 atom stereocenters. The van der Waals surface area contributed by atoms with Crippen molar-refractivity contribution in [3.8, 4) is 11.5 Å². The van der Waals surface area contributed by atoms with Crippen molar-refractivity contribution in [1.82, 2.24) is 0 Å². The predicted octanol–water partition coefficient (Wildman–Crippen LogP) is 6.62. The van der Waals surface area contributed by atoms with Crippen LogP contribution in [0.2, 0.25) is 0 Å². The SMILES string of the molecule is Cc1ccc(OP2(=O)Oc3c(C)cccc3C(C(Cl)(Cl)Cl)O2)cc1C. The van der Waals surface area contributed by atoms with E-state index in [1.54, 1.807) is 37.3 Å². The van der Waals surface area contributed by atoms with E-state index in [4.69, 9.17) is 48.4 Å². The van der Waals surface area contributed by atoms with Crippen LogP contribution in [0.4, 0.5) is 0 Å². The second kappa shape index (κ2) is 6.68. The van der Waals surface area contributed by atoms with Crippen molar-refractivity contribution < 1.29 is 18.1 Å². The summed E-state index contributed by atoms with van der Waals surface area (Å²) in [6.45, 7) is 5.69. The van der Waals surface area contributed by atoms with Crippen molar-refractivity contribution in [2.75, 3.05) is 0 Å². The molecule has 1 aliphatic rings. The van der Waals surface area contributed by atoms with Crippen LogP contribution in [-0.4, -0.2) is 3.79 Å². The van der Waals surface area contributed by atoms with E-state index in [0.29, 0.717) is 17.1 Å². The van der Waals surface area contributed by atoms with E-state index in [-0.39, 0.29) is 0 Å². The first-order valence-corrected chi connectivity index (χ1v) is 10.1. The Morgan fingerprint density at radius 3 is 2.40 bits per heavy atom. The maximum Gasteiger partial charge on any atom is 0.588 e. The Labute approximate surface area is 161 Å². The van der Waals surface area contributed by atoms with Crippen LogP contribution in [0, 0.1) is 20.8 Å². The van der Waals surface area contributed by atoms with Gasteiger partial charge in [-0.2, -0.15) is 0 Å². The van der Waals surface area contributed by atoms with Crippen LogP contribution in [0.3, 0.4) is 0 Å². The Morgan fingerprint density at radius 2 is 1.76 bits per heavy atom. The van der Waals surface area contributed by atoms with Gasteiger partial charge >= 0.3 is 7.82 Å². The summed E-state index contributed by atoms with van der Waals surface area (Å²) in [7, 11) is -4.04. The number of fused-ring (bicyclic) bond motifs is 1. The third-order valence-corrected chi connectivity index (χ3v) is 5.86. The molecular weight excluding hydrogens is 406 g/mol. The molecule has 0 bridgehead atoms. The van der Waals surface area contributed by atoms with Gasteiger partial charge in [-0.05, 0) is 49.6 Å². The zero-order valence-electron chi connectivity index (χ0n) is 13.8. The minimum absolute atomic E-state index is 0.345. The maximum absolute atomic E-state index is 13.1. The van der Waals surface area contributed by atoms with Crippen LogP contribution in [0.15, 0.2) is 36.4 Å². The number of benzene rings is 2. The average Bonchev–Trinajstić information content (AvgIpc) is 2.50. The number of hydrogen-bond acceptors (Lipinski definition) is 4. The maximum atomic E-state index is 13.1. The molecule has 25 heavy (non-hydrogen) atoms. The number of halogens is 3. The Balaban J connectivity index is 2.01. The van der Waals surface area contributed by atoms with E-state index in [2.05, 4.69) is 0 Å². The molecule has 0 saturated carbocycles. The molecule has 0 saturated heterocycles. The van der Waals surface area contributed by atoms with Gasteiger partial charge in [0.05, 0.1) is 0 Å². The molecular formula is C17H16Cl3O4P. The minimum Gasteiger partial charge on any atom is -0.395 e. The number of aryl methyl sites for hydroxylation is 3. The van der Waals surface area contributed by atoms with Gasteiger partial charge in [-0.3, -0.25) is 4.52 Å². The Hall–Kier alpha value is -0.900. The highest BCUT2D eigenvalue weighted by molar-refractivity contribution is 7.49. The molecule has 134 valence electrons. The van der Waals surface area contributed by atoms with Gasteiger partial charge in [-0.1, -0.05) is 59.1 Å². The van der Waals surface area contributed by atoms with Crippen molar-refractivity contribution in [2.24, 2.45) is 0 Å². The van der Waals surface area contributed by atoms with Crippen LogP contribution in [0.25, 0.3) is 0 Å². The lowest BCUT2D eigenvalue weighted by Crippen LogP contribution is -2.26. The molecule has 0 fully saturated rings. The molecule has 0 amide bonds. The molecule has 0 N–H and O–H groups in total. The Morgan fingerprint density at radius 1 is 1.04 bits per heavy atom. The van der Waals surface area contributed by atoms with Crippen LogP contribution in [0.1, 0.15) is 28.4 Å². The lowest BCUT2D eigenvalue weighted by Gasteiger charge is -2.34.